The summed E-state index contributed by atoms with van der Waals surface area (Å²) >= 11 is 0. The smallest absolute Gasteiger partial charge is 0.305 e. The van der Waals surface area contributed by atoms with Crippen molar-refractivity contribution < 1.29 is 29.0 Å². The van der Waals surface area contributed by atoms with Gasteiger partial charge in [-0.3, -0.25) is 19.7 Å². The Hall–Kier alpha value is -3.10. The van der Waals surface area contributed by atoms with Gasteiger partial charge < -0.3 is 19.5 Å². The van der Waals surface area contributed by atoms with E-state index in [0.717, 1.165) is 42.7 Å². The van der Waals surface area contributed by atoms with E-state index in [0.29, 0.717) is 25.7 Å². The summed E-state index contributed by atoms with van der Waals surface area (Å²) in [6.45, 7) is 2.84. The number of carbonyl (C=O) groups excluding carboxylic acids is 2. The molecule has 0 aromatic heterocycles. The van der Waals surface area contributed by atoms with E-state index in [1.807, 2.05) is 18.2 Å². The fraction of sp³-hybridized carbons (Fsp3) is 0.500. The zero-order valence-electron chi connectivity index (χ0n) is 16.3. The molecule has 1 aromatic rings. The molecule has 1 aromatic carbocycles. The van der Waals surface area contributed by atoms with Crippen molar-refractivity contribution >= 4 is 29.5 Å². The quantitative estimate of drug-likeness (QED) is 0.453. The maximum Gasteiger partial charge on any atom is 0.305 e. The number of aliphatic imine (C=N–C) groups is 1. The van der Waals surface area contributed by atoms with E-state index in [-0.39, 0.29) is 18.3 Å². The van der Waals surface area contributed by atoms with Gasteiger partial charge in [0.25, 0.3) is 0 Å². The highest BCUT2D eigenvalue weighted by atomic mass is 16.5. The summed E-state index contributed by atoms with van der Waals surface area (Å²) in [5, 5.41) is 11.7. The Morgan fingerprint density at radius 3 is 2.72 bits per heavy atom. The van der Waals surface area contributed by atoms with Crippen molar-refractivity contribution in [2.75, 3.05) is 13.2 Å². The molecule has 0 radical (unpaired) electrons. The molecule has 0 spiro atoms. The molecule has 1 saturated heterocycles. The highest BCUT2D eigenvalue weighted by molar-refractivity contribution is 6.08. The zero-order valence-corrected chi connectivity index (χ0v) is 16.3. The molecule has 156 valence electrons. The molecule has 9 heteroatoms. The lowest BCUT2D eigenvalue weighted by Gasteiger charge is -2.27. The first kappa shape index (κ1) is 20.6. The number of ether oxygens (including phenoxy) is 2. The molecule has 1 amide bonds. The normalized spacial score (nSPS) is 17.1. The first-order valence-corrected chi connectivity index (χ1v) is 9.71. The standard InChI is InChI=1S/C20H25N3O6/c1-13(24)28-8-4-2-3-5-9-29-15-6-7-16-14(10-15)12-23-17(11-18(25)26)19(27)22-20(23)21-16/h6-7,10,17H,2-5,8-9,11-12H2,1H3,(H,25,26)(H,21,22,27). The number of benzene rings is 1. The summed E-state index contributed by atoms with van der Waals surface area (Å²) < 4.78 is 10.7. The molecule has 9 nitrogen and oxygen atoms in total. The van der Waals surface area contributed by atoms with Gasteiger partial charge in [-0.25, -0.2) is 4.99 Å². The van der Waals surface area contributed by atoms with Crippen LogP contribution >= 0.6 is 0 Å². The van der Waals surface area contributed by atoms with Crippen molar-refractivity contribution in [3.8, 4) is 5.75 Å². The van der Waals surface area contributed by atoms with Crippen LogP contribution in [0.1, 0.15) is 44.6 Å². The van der Waals surface area contributed by atoms with Crippen LogP contribution in [-0.4, -0.2) is 53.1 Å². The highest BCUT2D eigenvalue weighted by Gasteiger charge is 2.40. The van der Waals surface area contributed by atoms with Gasteiger partial charge in [0, 0.05) is 19.0 Å². The van der Waals surface area contributed by atoms with Gasteiger partial charge in [-0.05, 0) is 43.9 Å². The molecular weight excluding hydrogens is 378 g/mol. The summed E-state index contributed by atoms with van der Waals surface area (Å²) in [5.41, 5.74) is 1.63. The van der Waals surface area contributed by atoms with Gasteiger partial charge in [0.1, 0.15) is 11.8 Å². The van der Waals surface area contributed by atoms with E-state index in [9.17, 15) is 14.4 Å². The Morgan fingerprint density at radius 2 is 2.00 bits per heavy atom. The second kappa shape index (κ2) is 9.40. The molecule has 2 N–H and O–H groups in total. The van der Waals surface area contributed by atoms with Gasteiger partial charge in [0.2, 0.25) is 11.9 Å². The SMILES string of the molecule is CC(=O)OCCCCCCOc1ccc2c(c1)CN1C(=N2)NC(=O)C1CC(=O)O. The van der Waals surface area contributed by atoms with Crippen LogP contribution in [0, 0.1) is 0 Å². The van der Waals surface area contributed by atoms with Gasteiger partial charge in [0.05, 0.1) is 25.3 Å². The Labute approximate surface area is 168 Å². The third-order valence-electron chi connectivity index (χ3n) is 4.78. The minimum Gasteiger partial charge on any atom is -0.494 e. The lowest BCUT2D eigenvalue weighted by molar-refractivity contribution is -0.141. The molecule has 1 unspecified atom stereocenters. The minimum absolute atomic E-state index is 0.249. The summed E-state index contributed by atoms with van der Waals surface area (Å²) in [6.07, 6.45) is 3.43. The Kier molecular flexibility index (Phi) is 6.69. The summed E-state index contributed by atoms with van der Waals surface area (Å²) in [4.78, 5) is 39.9. The van der Waals surface area contributed by atoms with Gasteiger partial charge >= 0.3 is 11.9 Å². The van der Waals surface area contributed by atoms with E-state index in [2.05, 4.69) is 10.3 Å². The molecule has 29 heavy (non-hydrogen) atoms. The number of carboxylic acids is 1. The summed E-state index contributed by atoms with van der Waals surface area (Å²) in [6, 6.07) is 4.81. The van der Waals surface area contributed by atoms with Crippen LogP contribution in [0.2, 0.25) is 0 Å². The molecule has 0 aliphatic carbocycles. The molecular formula is C20H25N3O6. The number of unbranched alkanes of at least 4 members (excludes halogenated alkanes) is 3. The number of guanidine groups is 1. The molecule has 1 atom stereocenters. The topological polar surface area (TPSA) is 118 Å². The largest absolute Gasteiger partial charge is 0.494 e. The maximum atomic E-state index is 12.0. The third-order valence-corrected chi connectivity index (χ3v) is 4.78. The van der Waals surface area contributed by atoms with Gasteiger partial charge in [-0.2, -0.15) is 0 Å². The Bertz CT molecular complexity index is 822. The van der Waals surface area contributed by atoms with Crippen molar-refractivity contribution in [2.45, 2.75) is 51.6 Å². The lowest BCUT2D eigenvalue weighted by atomic mass is 10.1. The number of hydrogen-bond acceptors (Lipinski definition) is 7. The van der Waals surface area contributed by atoms with E-state index >= 15 is 0 Å². The number of amides is 1. The van der Waals surface area contributed by atoms with Crippen molar-refractivity contribution in [3.63, 3.8) is 0 Å². The number of rotatable bonds is 10. The van der Waals surface area contributed by atoms with Crippen LogP contribution in [0.25, 0.3) is 0 Å². The molecule has 0 saturated carbocycles. The molecule has 3 rings (SSSR count). The number of esters is 1. The Morgan fingerprint density at radius 1 is 1.24 bits per heavy atom. The minimum atomic E-state index is -1.03. The molecule has 2 heterocycles. The van der Waals surface area contributed by atoms with Crippen LogP contribution in [-0.2, 0) is 25.7 Å². The number of fused-ring (bicyclic) bond motifs is 2. The fourth-order valence-electron chi connectivity index (χ4n) is 3.35. The number of nitrogens with zero attached hydrogens (tertiary/aromatic N) is 2. The number of carbonyl (C=O) groups is 3. The molecule has 1 fully saturated rings. The first-order chi connectivity index (χ1) is 13.9. The van der Waals surface area contributed by atoms with Crippen LogP contribution in [0.4, 0.5) is 5.69 Å². The monoisotopic (exact) mass is 403 g/mol. The Balaban J connectivity index is 1.49. The van der Waals surface area contributed by atoms with Crippen LogP contribution < -0.4 is 10.1 Å². The van der Waals surface area contributed by atoms with Gasteiger partial charge in [-0.15, -0.1) is 0 Å². The molecule has 0 bridgehead atoms. The lowest BCUT2D eigenvalue weighted by Crippen LogP contribution is -2.38. The molecule has 2 aliphatic rings. The average molecular weight is 403 g/mol. The number of nitrogens with one attached hydrogen (secondary N) is 1. The van der Waals surface area contributed by atoms with Gasteiger partial charge in [-0.1, -0.05) is 0 Å². The van der Waals surface area contributed by atoms with E-state index < -0.39 is 12.0 Å². The van der Waals surface area contributed by atoms with E-state index in [4.69, 9.17) is 14.6 Å². The maximum absolute atomic E-state index is 12.0. The number of carboxylic acid groups (broad SMARTS) is 1. The predicted octanol–water partition coefficient (Wildman–Crippen LogP) is 1.97. The number of hydrogen-bond donors (Lipinski definition) is 2. The fourth-order valence-corrected chi connectivity index (χ4v) is 3.35. The summed E-state index contributed by atoms with van der Waals surface area (Å²) in [7, 11) is 0. The van der Waals surface area contributed by atoms with Crippen molar-refractivity contribution in [2.24, 2.45) is 4.99 Å². The second-order valence-electron chi connectivity index (χ2n) is 7.06. The predicted molar refractivity (Wildman–Crippen MR) is 104 cm³/mol. The van der Waals surface area contributed by atoms with Crippen molar-refractivity contribution in [1.29, 1.82) is 0 Å². The van der Waals surface area contributed by atoms with Crippen LogP contribution in [0.15, 0.2) is 23.2 Å². The van der Waals surface area contributed by atoms with Crippen LogP contribution in [0.3, 0.4) is 0 Å². The van der Waals surface area contributed by atoms with E-state index in [1.165, 1.54) is 6.92 Å². The average Bonchev–Trinajstić information content (AvgIpc) is 2.95. The van der Waals surface area contributed by atoms with Gasteiger partial charge in [0.15, 0.2) is 0 Å². The summed E-state index contributed by atoms with van der Waals surface area (Å²) in [5.74, 6) is -0.501. The highest BCUT2D eigenvalue weighted by Crippen LogP contribution is 2.32. The molecule has 2 aliphatic heterocycles. The zero-order chi connectivity index (χ0) is 20.8. The number of aliphatic carboxylic acids is 1. The second-order valence-corrected chi connectivity index (χ2v) is 7.06. The third kappa shape index (κ3) is 5.46. The van der Waals surface area contributed by atoms with Crippen molar-refractivity contribution in [3.05, 3.63) is 23.8 Å². The van der Waals surface area contributed by atoms with Crippen molar-refractivity contribution in [1.82, 2.24) is 10.2 Å². The van der Waals surface area contributed by atoms with Crippen LogP contribution in [0.5, 0.6) is 5.75 Å². The first-order valence-electron chi connectivity index (χ1n) is 9.71. The van der Waals surface area contributed by atoms with E-state index in [1.54, 1.807) is 4.90 Å².